The van der Waals surface area contributed by atoms with Crippen molar-refractivity contribution in [1.82, 2.24) is 4.90 Å². The first kappa shape index (κ1) is 27.9. The quantitative estimate of drug-likeness (QED) is 0.308. The normalized spacial score (nSPS) is 15.5. The molecule has 41 heavy (non-hydrogen) atoms. The largest absolute Gasteiger partial charge is 0.462 e. The molecule has 1 atom stereocenters. The molecule has 2 heterocycles. The number of amides is 2. The van der Waals surface area contributed by atoms with Crippen molar-refractivity contribution < 1.29 is 28.6 Å². The van der Waals surface area contributed by atoms with Crippen LogP contribution in [0.2, 0.25) is 0 Å². The molecule has 0 fully saturated rings. The first-order valence-corrected chi connectivity index (χ1v) is 13.4. The van der Waals surface area contributed by atoms with Gasteiger partial charge in [-0.15, -0.1) is 0 Å². The van der Waals surface area contributed by atoms with Gasteiger partial charge in [-0.05, 0) is 81.2 Å². The fraction of sp³-hybridized carbons (Fsp3) is 0.290. The van der Waals surface area contributed by atoms with Gasteiger partial charge in [0.25, 0.3) is 0 Å². The van der Waals surface area contributed by atoms with Crippen LogP contribution in [0.1, 0.15) is 40.7 Å². The fourth-order valence-electron chi connectivity index (χ4n) is 4.75. The van der Waals surface area contributed by atoms with Crippen LogP contribution in [0.25, 0.3) is 0 Å². The molecule has 10 heteroatoms. The van der Waals surface area contributed by atoms with Crippen LogP contribution < -0.4 is 19.7 Å². The molecule has 0 aliphatic carbocycles. The maximum absolute atomic E-state index is 13.4. The van der Waals surface area contributed by atoms with Crippen LogP contribution in [-0.2, 0) is 14.3 Å². The number of nitrogens with one attached hydrogen (secondary N) is 1. The molecule has 212 valence electrons. The molecule has 2 aliphatic rings. The van der Waals surface area contributed by atoms with Crippen LogP contribution in [0.5, 0.6) is 11.5 Å². The smallest absolute Gasteiger partial charge is 0.338 e. The Bertz CT molecular complexity index is 1520. The van der Waals surface area contributed by atoms with Crippen molar-refractivity contribution in [2.24, 2.45) is 4.99 Å². The zero-order valence-corrected chi connectivity index (χ0v) is 23.5. The molecule has 10 nitrogen and oxygen atoms in total. The van der Waals surface area contributed by atoms with Gasteiger partial charge in [0, 0.05) is 37.0 Å². The Labute approximate surface area is 238 Å². The van der Waals surface area contributed by atoms with Crippen LogP contribution in [0, 0.1) is 0 Å². The van der Waals surface area contributed by atoms with Crippen LogP contribution in [0.4, 0.5) is 17.1 Å². The Morgan fingerprint density at radius 2 is 1.71 bits per heavy atom. The summed E-state index contributed by atoms with van der Waals surface area (Å²) < 4.78 is 16.2. The van der Waals surface area contributed by atoms with E-state index in [4.69, 9.17) is 19.2 Å². The number of carbonyl (C=O) groups is 3. The van der Waals surface area contributed by atoms with E-state index in [2.05, 4.69) is 5.32 Å². The number of carbonyl (C=O) groups excluding carboxylic acids is 3. The highest BCUT2D eigenvalue weighted by Crippen LogP contribution is 2.39. The summed E-state index contributed by atoms with van der Waals surface area (Å²) in [4.78, 5) is 46.8. The van der Waals surface area contributed by atoms with Gasteiger partial charge in [0.2, 0.25) is 18.6 Å². The molecule has 0 radical (unpaired) electrons. The summed E-state index contributed by atoms with van der Waals surface area (Å²) in [6.45, 7) is 2.78. The van der Waals surface area contributed by atoms with E-state index in [1.54, 1.807) is 43.1 Å². The Morgan fingerprint density at radius 3 is 2.44 bits per heavy atom. The number of anilines is 2. The molecular formula is C31H32N4O6. The summed E-state index contributed by atoms with van der Waals surface area (Å²) in [5.41, 5.74) is 4.14. The molecule has 2 aliphatic heterocycles. The molecule has 3 aromatic carbocycles. The van der Waals surface area contributed by atoms with E-state index in [0.29, 0.717) is 58.2 Å². The van der Waals surface area contributed by atoms with Gasteiger partial charge >= 0.3 is 5.97 Å². The van der Waals surface area contributed by atoms with Gasteiger partial charge in [-0.1, -0.05) is 6.07 Å². The lowest BCUT2D eigenvalue weighted by atomic mass is 9.90. The monoisotopic (exact) mass is 556 g/mol. The summed E-state index contributed by atoms with van der Waals surface area (Å²) in [7, 11) is 5.61. The highest BCUT2D eigenvalue weighted by atomic mass is 16.7. The van der Waals surface area contributed by atoms with Gasteiger partial charge in [0.1, 0.15) is 5.92 Å². The van der Waals surface area contributed by atoms with Crippen molar-refractivity contribution >= 4 is 40.6 Å². The first-order valence-electron chi connectivity index (χ1n) is 13.4. The van der Waals surface area contributed by atoms with Crippen molar-refractivity contribution in [1.29, 1.82) is 0 Å². The highest BCUT2D eigenvalue weighted by molar-refractivity contribution is 6.24. The number of esters is 1. The second-order valence-corrected chi connectivity index (χ2v) is 10.0. The maximum Gasteiger partial charge on any atom is 0.338 e. The molecular weight excluding hydrogens is 524 g/mol. The topological polar surface area (TPSA) is 110 Å². The number of hydrogen-bond acceptors (Lipinski definition) is 8. The summed E-state index contributed by atoms with van der Waals surface area (Å²) in [6, 6.07) is 17.8. The van der Waals surface area contributed by atoms with Gasteiger partial charge in [0.05, 0.1) is 23.6 Å². The average Bonchev–Trinajstić information content (AvgIpc) is 3.57. The fourth-order valence-corrected chi connectivity index (χ4v) is 4.75. The Hall–Kier alpha value is -4.70. The molecule has 5 rings (SSSR count). The zero-order valence-electron chi connectivity index (χ0n) is 23.5. The molecule has 0 spiro atoms. The number of rotatable bonds is 9. The van der Waals surface area contributed by atoms with Crippen LogP contribution >= 0.6 is 0 Å². The second-order valence-electron chi connectivity index (χ2n) is 10.0. The van der Waals surface area contributed by atoms with Gasteiger partial charge in [-0.3, -0.25) is 14.6 Å². The van der Waals surface area contributed by atoms with E-state index in [1.165, 1.54) is 0 Å². The zero-order chi connectivity index (χ0) is 29.1. The lowest BCUT2D eigenvalue weighted by Crippen LogP contribution is -2.29. The van der Waals surface area contributed by atoms with E-state index in [0.717, 1.165) is 5.69 Å². The van der Waals surface area contributed by atoms with Crippen molar-refractivity contribution in [3.05, 3.63) is 77.4 Å². The Morgan fingerprint density at radius 1 is 0.976 bits per heavy atom. The summed E-state index contributed by atoms with van der Waals surface area (Å²) in [5, 5.41) is 2.90. The van der Waals surface area contributed by atoms with Gasteiger partial charge < -0.3 is 29.3 Å². The minimum Gasteiger partial charge on any atom is -0.462 e. The predicted octanol–water partition coefficient (Wildman–Crippen LogP) is 4.36. The van der Waals surface area contributed by atoms with E-state index in [1.807, 2.05) is 55.4 Å². The maximum atomic E-state index is 13.4. The van der Waals surface area contributed by atoms with Gasteiger partial charge in [0.15, 0.2) is 11.5 Å². The number of fused-ring (bicyclic) bond motifs is 2. The molecule has 1 unspecified atom stereocenters. The average molecular weight is 557 g/mol. The van der Waals surface area contributed by atoms with E-state index in [-0.39, 0.29) is 25.2 Å². The SMILES string of the molecule is CCOC(=O)c1ccc2c(c1)NC(=O)C2C(=Nc1ccc(N(C)C(=O)CCN(C)C)cc1)c1ccc2c(c1)OCO2. The predicted molar refractivity (Wildman–Crippen MR) is 156 cm³/mol. The van der Waals surface area contributed by atoms with Crippen LogP contribution in [0.15, 0.2) is 65.7 Å². The van der Waals surface area contributed by atoms with Crippen molar-refractivity contribution in [2.45, 2.75) is 19.3 Å². The molecule has 2 amide bonds. The Balaban J connectivity index is 1.50. The lowest BCUT2D eigenvalue weighted by molar-refractivity contribution is -0.118. The van der Waals surface area contributed by atoms with Crippen molar-refractivity contribution in [3.63, 3.8) is 0 Å². The molecule has 3 aromatic rings. The number of hydrogen-bond donors (Lipinski definition) is 1. The van der Waals surface area contributed by atoms with E-state index < -0.39 is 11.9 Å². The number of ether oxygens (including phenoxy) is 3. The van der Waals surface area contributed by atoms with Gasteiger partial charge in [-0.25, -0.2) is 4.79 Å². The number of aliphatic imine (C=N–C) groups is 1. The first-order chi connectivity index (χ1) is 19.7. The second kappa shape index (κ2) is 11.8. The standard InChI is InChI=1S/C31H32N4O6/c1-5-39-31(38)20-6-12-23-24(16-20)33-30(37)28(23)29(19-7-13-25-26(17-19)41-18-40-25)32-21-8-10-22(11-9-21)35(4)27(36)14-15-34(2)3/h6-13,16-17,28H,5,14-15,18H2,1-4H3,(H,33,37). The van der Waals surface area contributed by atoms with Crippen molar-refractivity contribution in [3.8, 4) is 11.5 Å². The van der Waals surface area contributed by atoms with Crippen LogP contribution in [0.3, 0.4) is 0 Å². The molecule has 0 aromatic heterocycles. The van der Waals surface area contributed by atoms with E-state index in [9.17, 15) is 14.4 Å². The summed E-state index contributed by atoms with van der Waals surface area (Å²) in [5.74, 6) is -0.258. The molecule has 1 N–H and O–H groups in total. The third-order valence-corrected chi connectivity index (χ3v) is 6.97. The van der Waals surface area contributed by atoms with Gasteiger partial charge in [-0.2, -0.15) is 0 Å². The lowest BCUT2D eigenvalue weighted by Gasteiger charge is -2.19. The minimum atomic E-state index is -0.739. The third-order valence-electron chi connectivity index (χ3n) is 6.97. The molecule has 0 saturated heterocycles. The van der Waals surface area contributed by atoms with Crippen molar-refractivity contribution in [2.75, 3.05) is 51.3 Å². The number of benzene rings is 3. The Kier molecular flexibility index (Phi) is 8.02. The number of nitrogens with zero attached hydrogens (tertiary/aromatic N) is 3. The molecule has 0 bridgehead atoms. The summed E-state index contributed by atoms with van der Waals surface area (Å²) >= 11 is 0. The van der Waals surface area contributed by atoms with Crippen LogP contribution in [-0.4, -0.2) is 69.5 Å². The third kappa shape index (κ3) is 5.92. The van der Waals surface area contributed by atoms with E-state index >= 15 is 0 Å². The molecule has 0 saturated carbocycles. The highest BCUT2D eigenvalue weighted by Gasteiger charge is 2.36. The summed E-state index contributed by atoms with van der Waals surface area (Å²) in [6.07, 6.45) is 0.408. The minimum absolute atomic E-state index is 0.0115.